The molecule has 252 valence electrons. The van der Waals surface area contributed by atoms with Crippen LogP contribution in [0.3, 0.4) is 0 Å². The van der Waals surface area contributed by atoms with Gasteiger partial charge in [0.25, 0.3) is 0 Å². The van der Waals surface area contributed by atoms with Crippen molar-refractivity contribution >= 4 is 56.1 Å². The first-order valence-electron chi connectivity index (χ1n) is 14.5. The fourth-order valence-electron chi connectivity index (χ4n) is 5.89. The minimum atomic E-state index is -0.932. The van der Waals surface area contributed by atoms with E-state index in [9.17, 15) is 50.4 Å². The van der Waals surface area contributed by atoms with Crippen molar-refractivity contribution in [3.63, 3.8) is 0 Å². The van der Waals surface area contributed by atoms with Crippen molar-refractivity contribution in [2.24, 2.45) is 0 Å². The summed E-state index contributed by atoms with van der Waals surface area (Å²) in [6, 6.07) is 3.67. The number of hydrogen-bond donors (Lipinski definition) is 8. The number of fused-ring (bicyclic) bond motifs is 4. The molecule has 2 aromatic heterocycles. The molecule has 16 nitrogen and oxygen atoms in total. The maximum Gasteiger partial charge on any atom is 0.340 e. The molecule has 0 aliphatic heterocycles. The molecule has 4 aromatic carbocycles. The van der Waals surface area contributed by atoms with Crippen LogP contribution in [0.15, 0.2) is 18.2 Å². The number of nitrogens with zero attached hydrogens (tertiary/aromatic N) is 4. The fraction of sp³-hybridized carbons (Fsp3) is 0.212. The van der Waals surface area contributed by atoms with Crippen molar-refractivity contribution in [3.8, 4) is 45.6 Å². The molecule has 2 heterocycles. The second kappa shape index (κ2) is 11.8. The molecular weight excluding hydrogens is 644 g/mol. The zero-order chi connectivity index (χ0) is 35.6. The van der Waals surface area contributed by atoms with Crippen LogP contribution in [0.5, 0.6) is 34.5 Å². The first-order valence-corrected chi connectivity index (χ1v) is 14.5. The highest BCUT2D eigenvalue weighted by Gasteiger charge is 2.32. The van der Waals surface area contributed by atoms with Crippen LogP contribution in [0.25, 0.3) is 55.3 Å². The van der Waals surface area contributed by atoms with Gasteiger partial charge < -0.3 is 50.3 Å². The van der Waals surface area contributed by atoms with Crippen LogP contribution in [0, 0.1) is 0 Å². The van der Waals surface area contributed by atoms with E-state index in [1.807, 2.05) is 0 Å². The van der Waals surface area contributed by atoms with Crippen LogP contribution in [-0.4, -0.2) is 86.9 Å². The normalized spacial score (nSPS) is 11.7. The van der Waals surface area contributed by atoms with E-state index < -0.39 is 81.8 Å². The average molecular weight is 673 g/mol. The van der Waals surface area contributed by atoms with Gasteiger partial charge in [-0.2, -0.15) is 0 Å². The summed E-state index contributed by atoms with van der Waals surface area (Å²) in [5.74, 6) is -6.41. The summed E-state index contributed by atoms with van der Waals surface area (Å²) in [6.07, 6.45) is 0. The Morgan fingerprint density at radius 3 is 1.55 bits per heavy atom. The number of phenols is 6. The van der Waals surface area contributed by atoms with Crippen molar-refractivity contribution in [3.05, 3.63) is 46.0 Å². The Bertz CT molecular complexity index is 2430. The monoisotopic (exact) mass is 672 g/mol. The van der Waals surface area contributed by atoms with Gasteiger partial charge in [-0.1, -0.05) is 13.8 Å². The summed E-state index contributed by atoms with van der Waals surface area (Å²) in [5, 5.41) is 88.3. The zero-order valence-electron chi connectivity index (χ0n) is 26.2. The Labute approximate surface area is 274 Å². The summed E-state index contributed by atoms with van der Waals surface area (Å²) < 4.78 is 9.75. The summed E-state index contributed by atoms with van der Waals surface area (Å²) in [4.78, 5) is 42.8. The number of esters is 2. The topological polar surface area (TPSA) is 266 Å². The molecule has 0 saturated carbocycles. The third-order valence-corrected chi connectivity index (χ3v) is 8.28. The van der Waals surface area contributed by atoms with Crippen LogP contribution in [0.4, 0.5) is 0 Å². The SMILES string of the molecule is COC(=O)c1ccc(O)c2nc3c(CO)c(O)c(-c4c(O)c(CO)c5nc6c(O)cc(C(C)C)c(C(=O)OC)c6nc5c4O)c(O)c3nc12. The van der Waals surface area contributed by atoms with Crippen molar-refractivity contribution in [2.75, 3.05) is 14.2 Å². The minimum absolute atomic E-state index is 0.0787. The predicted octanol–water partition coefficient (Wildman–Crippen LogP) is 3.46. The zero-order valence-corrected chi connectivity index (χ0v) is 26.2. The van der Waals surface area contributed by atoms with Crippen LogP contribution in [-0.2, 0) is 22.7 Å². The number of aliphatic hydroxyl groups excluding tert-OH is 2. The number of aromatic hydroxyl groups is 6. The van der Waals surface area contributed by atoms with Gasteiger partial charge in [-0.25, -0.2) is 29.5 Å². The van der Waals surface area contributed by atoms with E-state index in [0.29, 0.717) is 5.56 Å². The van der Waals surface area contributed by atoms with E-state index in [1.165, 1.54) is 12.1 Å². The van der Waals surface area contributed by atoms with Gasteiger partial charge >= 0.3 is 11.9 Å². The van der Waals surface area contributed by atoms with E-state index in [-0.39, 0.29) is 61.3 Å². The molecule has 0 unspecified atom stereocenters. The Kier molecular flexibility index (Phi) is 7.84. The van der Waals surface area contributed by atoms with Gasteiger partial charge in [0.05, 0.1) is 49.7 Å². The van der Waals surface area contributed by atoms with E-state index in [4.69, 9.17) is 9.47 Å². The largest absolute Gasteiger partial charge is 0.507 e. The number of benzene rings is 4. The third kappa shape index (κ3) is 4.68. The van der Waals surface area contributed by atoms with Gasteiger partial charge in [0, 0.05) is 11.1 Å². The van der Waals surface area contributed by atoms with Crippen molar-refractivity contribution in [2.45, 2.75) is 33.0 Å². The molecule has 8 N–H and O–H groups in total. The number of carbonyl (C=O) groups is 2. The molecule has 0 saturated heterocycles. The molecule has 0 bridgehead atoms. The molecule has 0 atom stereocenters. The van der Waals surface area contributed by atoms with Gasteiger partial charge in [0.2, 0.25) is 0 Å². The molecule has 0 aliphatic rings. The smallest absolute Gasteiger partial charge is 0.340 e. The lowest BCUT2D eigenvalue weighted by atomic mass is 9.93. The Hall–Kier alpha value is -6.26. The highest BCUT2D eigenvalue weighted by Crippen LogP contribution is 2.54. The predicted molar refractivity (Wildman–Crippen MR) is 172 cm³/mol. The number of rotatable bonds is 6. The van der Waals surface area contributed by atoms with Crippen LogP contribution in [0.2, 0.25) is 0 Å². The van der Waals surface area contributed by atoms with E-state index in [0.717, 1.165) is 20.3 Å². The van der Waals surface area contributed by atoms with Gasteiger partial charge in [-0.3, -0.25) is 0 Å². The number of aromatic nitrogens is 4. The number of phenolic OH excluding ortho intramolecular Hbond substituents is 4. The number of hydrogen-bond acceptors (Lipinski definition) is 16. The molecular formula is C33H28N4O12. The Morgan fingerprint density at radius 1 is 0.612 bits per heavy atom. The van der Waals surface area contributed by atoms with Gasteiger partial charge in [0.1, 0.15) is 67.1 Å². The van der Waals surface area contributed by atoms with Gasteiger partial charge in [-0.15, -0.1) is 0 Å². The molecule has 6 rings (SSSR count). The van der Waals surface area contributed by atoms with E-state index in [2.05, 4.69) is 19.9 Å². The molecule has 6 aromatic rings. The van der Waals surface area contributed by atoms with Crippen LogP contribution in [0.1, 0.15) is 57.2 Å². The molecule has 0 aliphatic carbocycles. The maximum atomic E-state index is 13.0. The van der Waals surface area contributed by atoms with E-state index >= 15 is 0 Å². The van der Waals surface area contributed by atoms with Crippen molar-refractivity contribution in [1.82, 2.24) is 19.9 Å². The van der Waals surface area contributed by atoms with Crippen LogP contribution < -0.4 is 0 Å². The van der Waals surface area contributed by atoms with Gasteiger partial charge in [0.15, 0.2) is 11.5 Å². The van der Waals surface area contributed by atoms with E-state index in [1.54, 1.807) is 13.8 Å². The fourth-order valence-corrected chi connectivity index (χ4v) is 5.89. The number of ether oxygens (including phenoxy) is 2. The van der Waals surface area contributed by atoms with Crippen molar-refractivity contribution < 1.29 is 59.9 Å². The molecule has 0 radical (unpaired) electrons. The Balaban J connectivity index is 1.79. The second-order valence-corrected chi connectivity index (χ2v) is 11.3. The van der Waals surface area contributed by atoms with Crippen molar-refractivity contribution in [1.29, 1.82) is 0 Å². The highest BCUT2D eigenvalue weighted by atomic mass is 16.5. The molecule has 0 fully saturated rings. The molecule has 16 heteroatoms. The standard InChI is InChI=1S/C33H28N4O12/c1-10(2)12-7-16(41)24-25(17(12)33(47)49-4)37-27-22(35-24)14(9-39)29(43)19(31(27)45)18-28(42)13(8-38)21-26(30(18)44)36-20-11(32(46)48-3)5-6-15(40)23(20)34-21/h5-7,10,38-45H,8-9H2,1-4H3. The number of aliphatic hydroxyl groups is 2. The average Bonchev–Trinajstić information content (AvgIpc) is 3.08. The first-order chi connectivity index (χ1) is 23.3. The lowest BCUT2D eigenvalue weighted by Gasteiger charge is -2.20. The molecule has 49 heavy (non-hydrogen) atoms. The van der Waals surface area contributed by atoms with Gasteiger partial charge in [-0.05, 0) is 29.7 Å². The second-order valence-electron chi connectivity index (χ2n) is 11.3. The lowest BCUT2D eigenvalue weighted by Crippen LogP contribution is -2.10. The number of methoxy groups -OCH3 is 2. The quantitative estimate of drug-likeness (QED) is 0.0929. The third-order valence-electron chi connectivity index (χ3n) is 8.28. The summed E-state index contributed by atoms with van der Waals surface area (Å²) in [7, 11) is 2.25. The van der Waals surface area contributed by atoms with Crippen LogP contribution >= 0.6 is 0 Å². The molecule has 0 spiro atoms. The minimum Gasteiger partial charge on any atom is -0.507 e. The number of carbonyl (C=O) groups excluding carboxylic acids is 2. The summed E-state index contributed by atoms with van der Waals surface area (Å²) in [6.45, 7) is 1.65. The lowest BCUT2D eigenvalue weighted by molar-refractivity contribution is 0.0593. The highest BCUT2D eigenvalue weighted by molar-refractivity contribution is 6.11. The summed E-state index contributed by atoms with van der Waals surface area (Å²) in [5.41, 5.74) is -4.36. The summed E-state index contributed by atoms with van der Waals surface area (Å²) >= 11 is 0. The maximum absolute atomic E-state index is 13.0. The Morgan fingerprint density at radius 2 is 1.08 bits per heavy atom. The molecule has 0 amide bonds. The first kappa shape index (κ1) is 32.7.